The number of hydrogen-bond acceptors (Lipinski definition) is 1. The van der Waals surface area contributed by atoms with Gasteiger partial charge in [0.1, 0.15) is 0 Å². The maximum Gasteiger partial charge on any atom is -0.00205 e. The van der Waals surface area contributed by atoms with Gasteiger partial charge < -0.3 is 5.32 Å². The second-order valence-corrected chi connectivity index (χ2v) is 7.05. The van der Waals surface area contributed by atoms with Crippen LogP contribution in [0.25, 0.3) is 0 Å². The summed E-state index contributed by atoms with van der Waals surface area (Å²) < 4.78 is 0. The number of hydrogen-bond donors (Lipinski definition) is 1. The third kappa shape index (κ3) is 4.65. The summed E-state index contributed by atoms with van der Waals surface area (Å²) in [5.41, 5.74) is 3.20. The van der Waals surface area contributed by atoms with Crippen molar-refractivity contribution in [2.45, 2.75) is 58.3 Å². The van der Waals surface area contributed by atoms with Crippen LogP contribution < -0.4 is 5.32 Å². The maximum atomic E-state index is 3.51. The normalized spacial score (nSPS) is 20.5. The summed E-state index contributed by atoms with van der Waals surface area (Å²) in [5, 5.41) is 3.51. The molecular weight excluding hydrogens is 230 g/mol. The molecule has 1 aliphatic heterocycles. The van der Waals surface area contributed by atoms with E-state index in [1.165, 1.54) is 56.3 Å². The first kappa shape index (κ1) is 14.6. The highest BCUT2D eigenvalue weighted by Crippen LogP contribution is 2.23. The molecular formula is C18H29N. The summed E-state index contributed by atoms with van der Waals surface area (Å²) >= 11 is 0. The molecule has 1 aliphatic rings. The Morgan fingerprint density at radius 3 is 2.47 bits per heavy atom. The number of benzene rings is 1. The molecule has 0 aliphatic carbocycles. The predicted molar refractivity (Wildman–Crippen MR) is 83.7 cm³/mol. The van der Waals surface area contributed by atoms with Crippen molar-refractivity contribution in [3.05, 3.63) is 35.4 Å². The summed E-state index contributed by atoms with van der Waals surface area (Å²) in [6.07, 6.45) is 6.75. The van der Waals surface area contributed by atoms with Gasteiger partial charge in [-0.3, -0.25) is 0 Å². The Bertz CT molecular complexity index is 366. The van der Waals surface area contributed by atoms with E-state index in [9.17, 15) is 0 Å². The minimum absolute atomic E-state index is 0.270. The lowest BCUT2D eigenvalue weighted by Crippen LogP contribution is -2.29. The van der Waals surface area contributed by atoms with Gasteiger partial charge in [-0.15, -0.1) is 0 Å². The summed E-state index contributed by atoms with van der Waals surface area (Å²) in [6, 6.07) is 9.24. The molecule has 1 saturated heterocycles. The average Bonchev–Trinajstić information content (AvgIpc) is 2.39. The van der Waals surface area contributed by atoms with Gasteiger partial charge in [0.2, 0.25) is 0 Å². The maximum absolute atomic E-state index is 3.51. The summed E-state index contributed by atoms with van der Waals surface area (Å²) in [6.45, 7) is 9.29. The molecule has 1 fully saturated rings. The largest absolute Gasteiger partial charge is 0.316 e. The highest BCUT2D eigenvalue weighted by atomic mass is 14.9. The molecule has 1 aromatic carbocycles. The second kappa shape index (κ2) is 6.56. The summed E-state index contributed by atoms with van der Waals surface area (Å²) in [5.74, 6) is 0.919. The standard InChI is InChI=1S/C18H29N/c1-18(2,3)17-11-9-15(10-12-17)6-4-7-16-8-5-13-19-14-16/h9-12,16,19H,4-8,13-14H2,1-3H3. The number of aryl methyl sites for hydroxylation is 1. The van der Waals surface area contributed by atoms with E-state index in [2.05, 4.69) is 50.4 Å². The third-order valence-corrected chi connectivity index (χ3v) is 4.30. The van der Waals surface area contributed by atoms with E-state index in [-0.39, 0.29) is 5.41 Å². The molecule has 1 nitrogen and oxygen atoms in total. The van der Waals surface area contributed by atoms with Crippen LogP contribution >= 0.6 is 0 Å². The van der Waals surface area contributed by atoms with Crippen molar-refractivity contribution in [3.8, 4) is 0 Å². The van der Waals surface area contributed by atoms with Crippen LogP contribution in [0, 0.1) is 5.92 Å². The molecule has 0 bridgehead atoms. The molecule has 0 saturated carbocycles. The molecule has 0 aromatic heterocycles. The second-order valence-electron chi connectivity index (χ2n) is 7.05. The Balaban J connectivity index is 1.76. The Kier molecular flexibility index (Phi) is 5.04. The van der Waals surface area contributed by atoms with Crippen LogP contribution in [0.1, 0.15) is 57.6 Å². The van der Waals surface area contributed by atoms with Crippen molar-refractivity contribution < 1.29 is 0 Å². The van der Waals surface area contributed by atoms with Gasteiger partial charge in [0, 0.05) is 0 Å². The fraction of sp³-hybridized carbons (Fsp3) is 0.667. The highest BCUT2D eigenvalue weighted by molar-refractivity contribution is 5.27. The van der Waals surface area contributed by atoms with E-state index in [4.69, 9.17) is 0 Å². The lowest BCUT2D eigenvalue weighted by molar-refractivity contribution is 0.351. The summed E-state index contributed by atoms with van der Waals surface area (Å²) in [7, 11) is 0. The van der Waals surface area contributed by atoms with Crippen LogP contribution in [0.4, 0.5) is 0 Å². The zero-order valence-electron chi connectivity index (χ0n) is 12.8. The van der Waals surface area contributed by atoms with Crippen molar-refractivity contribution in [1.29, 1.82) is 0 Å². The Morgan fingerprint density at radius 1 is 1.16 bits per heavy atom. The van der Waals surface area contributed by atoms with E-state index in [1.807, 2.05) is 0 Å². The van der Waals surface area contributed by atoms with Crippen LogP contribution in [0.15, 0.2) is 24.3 Å². The zero-order valence-corrected chi connectivity index (χ0v) is 12.8. The van der Waals surface area contributed by atoms with Crippen LogP contribution in [-0.2, 0) is 11.8 Å². The van der Waals surface area contributed by atoms with Crippen LogP contribution in [-0.4, -0.2) is 13.1 Å². The topological polar surface area (TPSA) is 12.0 Å². The molecule has 106 valence electrons. The molecule has 1 heterocycles. The van der Waals surface area contributed by atoms with Gasteiger partial charge in [0.25, 0.3) is 0 Å². The Morgan fingerprint density at radius 2 is 1.89 bits per heavy atom. The zero-order chi connectivity index (χ0) is 13.7. The fourth-order valence-electron chi connectivity index (χ4n) is 2.94. The highest BCUT2D eigenvalue weighted by Gasteiger charge is 2.14. The van der Waals surface area contributed by atoms with Gasteiger partial charge in [-0.25, -0.2) is 0 Å². The van der Waals surface area contributed by atoms with Gasteiger partial charge in [-0.1, -0.05) is 45.0 Å². The molecule has 0 radical (unpaired) electrons. The minimum atomic E-state index is 0.270. The number of rotatable bonds is 4. The van der Waals surface area contributed by atoms with Gasteiger partial charge in [0.05, 0.1) is 0 Å². The van der Waals surface area contributed by atoms with E-state index in [0.717, 1.165) is 5.92 Å². The van der Waals surface area contributed by atoms with Gasteiger partial charge in [0.15, 0.2) is 0 Å². The van der Waals surface area contributed by atoms with Crippen LogP contribution in [0.5, 0.6) is 0 Å². The number of nitrogens with one attached hydrogen (secondary N) is 1. The molecule has 1 atom stereocenters. The molecule has 0 spiro atoms. The first-order valence-electron chi connectivity index (χ1n) is 7.86. The summed E-state index contributed by atoms with van der Waals surface area (Å²) in [4.78, 5) is 0. The Labute approximate surface area is 118 Å². The predicted octanol–water partition coefficient (Wildman–Crippen LogP) is 4.31. The van der Waals surface area contributed by atoms with Gasteiger partial charge in [-0.2, -0.15) is 0 Å². The lowest BCUT2D eigenvalue weighted by Gasteiger charge is -2.22. The average molecular weight is 259 g/mol. The molecule has 0 amide bonds. The minimum Gasteiger partial charge on any atom is -0.316 e. The molecule has 2 rings (SSSR count). The van der Waals surface area contributed by atoms with E-state index in [0.29, 0.717) is 0 Å². The third-order valence-electron chi connectivity index (χ3n) is 4.30. The van der Waals surface area contributed by atoms with Crippen molar-refractivity contribution in [2.75, 3.05) is 13.1 Å². The van der Waals surface area contributed by atoms with Gasteiger partial charge >= 0.3 is 0 Å². The lowest BCUT2D eigenvalue weighted by atomic mass is 9.86. The number of piperidine rings is 1. The van der Waals surface area contributed by atoms with Crippen molar-refractivity contribution in [1.82, 2.24) is 5.32 Å². The SMILES string of the molecule is CC(C)(C)c1ccc(CCCC2CCCNC2)cc1. The quantitative estimate of drug-likeness (QED) is 0.850. The van der Waals surface area contributed by atoms with E-state index < -0.39 is 0 Å². The van der Waals surface area contributed by atoms with E-state index in [1.54, 1.807) is 0 Å². The monoisotopic (exact) mass is 259 g/mol. The molecule has 1 heteroatoms. The van der Waals surface area contributed by atoms with Crippen LogP contribution in [0.3, 0.4) is 0 Å². The van der Waals surface area contributed by atoms with Crippen molar-refractivity contribution in [2.24, 2.45) is 5.92 Å². The molecule has 19 heavy (non-hydrogen) atoms. The van der Waals surface area contributed by atoms with Crippen molar-refractivity contribution in [3.63, 3.8) is 0 Å². The molecule has 1 unspecified atom stereocenters. The molecule has 1 N–H and O–H groups in total. The van der Waals surface area contributed by atoms with Gasteiger partial charge in [-0.05, 0) is 67.7 Å². The van der Waals surface area contributed by atoms with Crippen LogP contribution in [0.2, 0.25) is 0 Å². The smallest absolute Gasteiger partial charge is 0.00205 e. The first-order chi connectivity index (χ1) is 9.05. The first-order valence-corrected chi connectivity index (χ1v) is 7.86. The van der Waals surface area contributed by atoms with Crippen molar-refractivity contribution >= 4 is 0 Å². The molecule has 1 aromatic rings. The van der Waals surface area contributed by atoms with E-state index >= 15 is 0 Å². The fourth-order valence-corrected chi connectivity index (χ4v) is 2.94. The Hall–Kier alpha value is -0.820.